The topological polar surface area (TPSA) is 47.6 Å². The smallest absolute Gasteiger partial charge is 0.254 e. The Hall–Kier alpha value is -1.66. The number of carbonyl (C=O) groups is 1. The number of hydrogen-bond donors (Lipinski definition) is 2. The molecule has 6 heteroatoms. The lowest BCUT2D eigenvalue weighted by atomic mass is 10.1. The van der Waals surface area contributed by atoms with Gasteiger partial charge in [-0.15, -0.1) is 0 Å². The molecular formula is C19H25FN4O. The van der Waals surface area contributed by atoms with E-state index in [1.165, 1.54) is 6.07 Å². The highest BCUT2D eigenvalue weighted by atomic mass is 19.1. The van der Waals surface area contributed by atoms with Gasteiger partial charge in [0, 0.05) is 49.9 Å². The van der Waals surface area contributed by atoms with Crippen molar-refractivity contribution in [3.8, 4) is 0 Å². The van der Waals surface area contributed by atoms with Crippen LogP contribution in [0.2, 0.25) is 0 Å². The highest BCUT2D eigenvalue weighted by molar-refractivity contribution is 5.99. The van der Waals surface area contributed by atoms with Crippen molar-refractivity contribution in [3.05, 3.63) is 29.1 Å². The number of piperazine rings is 1. The van der Waals surface area contributed by atoms with Crippen LogP contribution < -0.4 is 15.5 Å². The molecular weight excluding hydrogens is 319 g/mol. The molecule has 2 bridgehead atoms. The molecule has 4 heterocycles. The molecule has 1 aromatic rings. The van der Waals surface area contributed by atoms with Gasteiger partial charge in [-0.05, 0) is 49.9 Å². The number of nitrogens with one attached hydrogen (secondary N) is 2. The lowest BCUT2D eigenvalue weighted by Gasteiger charge is -2.37. The van der Waals surface area contributed by atoms with Crippen LogP contribution in [-0.2, 0) is 6.54 Å². The zero-order chi connectivity index (χ0) is 17.0. The van der Waals surface area contributed by atoms with Crippen molar-refractivity contribution in [1.29, 1.82) is 0 Å². The number of amides is 1. The van der Waals surface area contributed by atoms with Crippen LogP contribution >= 0.6 is 0 Å². The lowest BCUT2D eigenvalue weighted by molar-refractivity contribution is 0.0674. The molecule has 0 saturated carbocycles. The van der Waals surface area contributed by atoms with Crippen molar-refractivity contribution in [2.45, 2.75) is 50.4 Å². The van der Waals surface area contributed by atoms with Gasteiger partial charge in [-0.25, -0.2) is 4.39 Å². The van der Waals surface area contributed by atoms with E-state index in [0.717, 1.165) is 57.4 Å². The Morgan fingerprint density at radius 1 is 1.00 bits per heavy atom. The van der Waals surface area contributed by atoms with Gasteiger partial charge in [0.25, 0.3) is 5.91 Å². The molecule has 3 atom stereocenters. The largest absolute Gasteiger partial charge is 0.361 e. The minimum atomic E-state index is -0.241. The number of nitrogens with zero attached hydrogens (tertiary/aromatic N) is 2. The van der Waals surface area contributed by atoms with E-state index in [2.05, 4.69) is 15.5 Å². The predicted octanol–water partition coefficient (Wildman–Crippen LogP) is 1.47. The van der Waals surface area contributed by atoms with Gasteiger partial charge in [-0.2, -0.15) is 0 Å². The summed E-state index contributed by atoms with van der Waals surface area (Å²) < 4.78 is 14.9. The molecule has 1 aromatic carbocycles. The summed E-state index contributed by atoms with van der Waals surface area (Å²) in [4.78, 5) is 17.0. The molecule has 3 unspecified atom stereocenters. The fraction of sp³-hybridized carbons (Fsp3) is 0.632. The zero-order valence-corrected chi connectivity index (χ0v) is 14.4. The highest BCUT2D eigenvalue weighted by Crippen LogP contribution is 2.37. The van der Waals surface area contributed by atoms with E-state index < -0.39 is 0 Å². The Labute approximate surface area is 147 Å². The van der Waals surface area contributed by atoms with Gasteiger partial charge in [0.1, 0.15) is 5.82 Å². The number of anilines is 1. The molecule has 5 rings (SSSR count). The fourth-order valence-electron chi connectivity index (χ4n) is 5.11. The third-order valence-corrected chi connectivity index (χ3v) is 6.37. The Kier molecular flexibility index (Phi) is 3.71. The Morgan fingerprint density at radius 2 is 1.76 bits per heavy atom. The third kappa shape index (κ3) is 2.46. The van der Waals surface area contributed by atoms with Crippen LogP contribution in [0.3, 0.4) is 0 Å². The van der Waals surface area contributed by atoms with Gasteiger partial charge >= 0.3 is 0 Å². The normalized spacial score (nSPS) is 31.6. The van der Waals surface area contributed by atoms with Crippen molar-refractivity contribution in [2.75, 3.05) is 31.1 Å². The highest BCUT2D eigenvalue weighted by Gasteiger charge is 2.40. The minimum absolute atomic E-state index is 0.00238. The van der Waals surface area contributed by atoms with Gasteiger partial charge in [0.05, 0.1) is 5.69 Å². The summed E-state index contributed by atoms with van der Waals surface area (Å²) in [6.07, 6.45) is 4.36. The first-order valence-electron chi connectivity index (χ1n) is 9.55. The second-order valence-electron chi connectivity index (χ2n) is 7.84. The SMILES string of the molecule is O=C1c2cc(F)c(N3C4CCC3CNC4)cc2CN1C1CCCNC1. The van der Waals surface area contributed by atoms with E-state index in [4.69, 9.17) is 0 Å². The van der Waals surface area contributed by atoms with E-state index in [-0.39, 0.29) is 17.8 Å². The first-order valence-corrected chi connectivity index (χ1v) is 9.55. The van der Waals surface area contributed by atoms with Crippen molar-refractivity contribution in [1.82, 2.24) is 15.5 Å². The Bertz CT molecular complexity index is 687. The Balaban J connectivity index is 1.46. The monoisotopic (exact) mass is 344 g/mol. The summed E-state index contributed by atoms with van der Waals surface area (Å²) in [7, 11) is 0. The number of rotatable bonds is 2. The van der Waals surface area contributed by atoms with Crippen LogP contribution in [0.4, 0.5) is 10.1 Å². The van der Waals surface area contributed by atoms with Crippen LogP contribution in [0.1, 0.15) is 41.6 Å². The molecule has 5 nitrogen and oxygen atoms in total. The minimum Gasteiger partial charge on any atom is -0.361 e. The number of halogens is 1. The summed E-state index contributed by atoms with van der Waals surface area (Å²) in [6.45, 7) is 4.33. The molecule has 1 amide bonds. The molecule has 4 aliphatic heterocycles. The number of piperidine rings is 1. The Morgan fingerprint density at radius 3 is 2.48 bits per heavy atom. The second-order valence-corrected chi connectivity index (χ2v) is 7.84. The van der Waals surface area contributed by atoms with Gasteiger partial charge in [-0.1, -0.05) is 0 Å². The van der Waals surface area contributed by atoms with E-state index in [1.807, 2.05) is 11.0 Å². The standard InChI is InChI=1S/C19H25FN4O/c20-17-7-16-12(11-23(19(16)25)13-2-1-5-21-8-13)6-18(17)24-14-3-4-15(24)10-22-9-14/h6-7,13-15,21-22H,1-5,8-11H2. The summed E-state index contributed by atoms with van der Waals surface area (Å²) >= 11 is 0. The lowest BCUT2D eigenvalue weighted by Crippen LogP contribution is -2.52. The quantitative estimate of drug-likeness (QED) is 0.853. The molecule has 0 aromatic heterocycles. The maximum Gasteiger partial charge on any atom is 0.254 e. The molecule has 3 saturated heterocycles. The number of fused-ring (bicyclic) bond motifs is 3. The van der Waals surface area contributed by atoms with Crippen molar-refractivity contribution in [3.63, 3.8) is 0 Å². The molecule has 2 N–H and O–H groups in total. The zero-order valence-electron chi connectivity index (χ0n) is 14.4. The first kappa shape index (κ1) is 15.6. The average Bonchev–Trinajstić information content (AvgIpc) is 3.07. The van der Waals surface area contributed by atoms with E-state index >= 15 is 0 Å². The summed E-state index contributed by atoms with van der Waals surface area (Å²) in [5.41, 5.74) is 2.25. The third-order valence-electron chi connectivity index (χ3n) is 6.37. The van der Waals surface area contributed by atoms with E-state index in [9.17, 15) is 9.18 Å². The molecule has 0 spiro atoms. The van der Waals surface area contributed by atoms with Gasteiger partial charge < -0.3 is 20.4 Å². The van der Waals surface area contributed by atoms with Crippen LogP contribution in [0.25, 0.3) is 0 Å². The second kappa shape index (κ2) is 5.95. The van der Waals surface area contributed by atoms with E-state index in [1.54, 1.807) is 0 Å². The van der Waals surface area contributed by atoms with Gasteiger partial charge in [-0.3, -0.25) is 4.79 Å². The first-order chi connectivity index (χ1) is 12.2. The maximum absolute atomic E-state index is 14.9. The molecule has 25 heavy (non-hydrogen) atoms. The van der Waals surface area contributed by atoms with E-state index in [0.29, 0.717) is 29.9 Å². The molecule has 3 fully saturated rings. The number of hydrogen-bond acceptors (Lipinski definition) is 4. The molecule has 134 valence electrons. The predicted molar refractivity (Wildman–Crippen MR) is 94.3 cm³/mol. The van der Waals surface area contributed by atoms with Crippen LogP contribution in [-0.4, -0.2) is 55.1 Å². The van der Waals surface area contributed by atoms with Crippen LogP contribution in [0, 0.1) is 5.82 Å². The van der Waals surface area contributed by atoms with Crippen molar-refractivity contribution >= 4 is 11.6 Å². The maximum atomic E-state index is 14.9. The molecule has 4 aliphatic rings. The van der Waals surface area contributed by atoms with Gasteiger partial charge in [0.15, 0.2) is 0 Å². The number of benzene rings is 1. The van der Waals surface area contributed by atoms with Crippen molar-refractivity contribution < 1.29 is 9.18 Å². The van der Waals surface area contributed by atoms with Crippen molar-refractivity contribution in [2.24, 2.45) is 0 Å². The van der Waals surface area contributed by atoms with Crippen LogP contribution in [0.5, 0.6) is 0 Å². The number of carbonyl (C=O) groups excluding carboxylic acids is 1. The average molecular weight is 344 g/mol. The fourth-order valence-corrected chi connectivity index (χ4v) is 5.11. The molecule has 0 radical (unpaired) electrons. The summed E-state index contributed by atoms with van der Waals surface area (Å²) in [5, 5.41) is 6.81. The van der Waals surface area contributed by atoms with Gasteiger partial charge in [0.2, 0.25) is 0 Å². The summed E-state index contributed by atoms with van der Waals surface area (Å²) in [6, 6.07) is 4.43. The van der Waals surface area contributed by atoms with Crippen LogP contribution in [0.15, 0.2) is 12.1 Å². The molecule has 0 aliphatic carbocycles. The summed E-state index contributed by atoms with van der Waals surface area (Å²) in [5.74, 6) is -0.244.